The lowest BCUT2D eigenvalue weighted by atomic mass is 9.98. The van der Waals surface area contributed by atoms with Crippen LogP contribution in [0, 0.1) is 0 Å². The van der Waals surface area contributed by atoms with Crippen molar-refractivity contribution in [3.8, 4) is 0 Å². The summed E-state index contributed by atoms with van der Waals surface area (Å²) in [6, 6.07) is 45.4. The summed E-state index contributed by atoms with van der Waals surface area (Å²) in [7, 11) is 0. The van der Waals surface area contributed by atoms with Crippen LogP contribution in [0.1, 0.15) is 45.0 Å². The second-order valence-corrected chi connectivity index (χ2v) is 14.6. The minimum Gasteiger partial charge on any atom is -0.376 e. The number of thiocarbonyl (C=S) groups is 1. The third kappa shape index (κ3) is 10.6. The number of para-hydroxylation sites is 2. The second-order valence-electron chi connectivity index (χ2n) is 14.5. The van der Waals surface area contributed by atoms with Crippen LogP contribution >= 0.6 is 12.2 Å². The molecule has 3 aromatic carbocycles. The number of benzene rings is 3. The molecule has 59 heavy (non-hydrogen) atoms. The van der Waals surface area contributed by atoms with E-state index in [9.17, 15) is 0 Å². The van der Waals surface area contributed by atoms with E-state index in [2.05, 4.69) is 113 Å². The van der Waals surface area contributed by atoms with Crippen molar-refractivity contribution in [1.29, 1.82) is 0 Å². The summed E-state index contributed by atoms with van der Waals surface area (Å²) in [6.45, 7) is 4.96. The lowest BCUT2D eigenvalue weighted by Crippen LogP contribution is -2.24. The highest BCUT2D eigenvalue weighted by atomic mass is 32.1. The van der Waals surface area contributed by atoms with Crippen molar-refractivity contribution in [3.05, 3.63) is 203 Å². The first-order valence-corrected chi connectivity index (χ1v) is 20.2. The Bertz CT molecular complexity index is 2400. The number of aliphatic imine (C=N–C) groups is 1. The number of nitrogens with zero attached hydrogens (tertiary/aromatic N) is 8. The molecule has 0 radical (unpaired) electrons. The van der Waals surface area contributed by atoms with Gasteiger partial charge in [0.05, 0.1) is 57.9 Å². The molecule has 0 N–H and O–H groups in total. The third-order valence-electron chi connectivity index (χ3n) is 10.2. The predicted octanol–water partition coefficient (Wildman–Crippen LogP) is 9.87. The minimum absolute atomic E-state index is 0.437. The Morgan fingerprint density at radius 3 is 1.37 bits per heavy atom. The maximum absolute atomic E-state index is 6.54. The maximum atomic E-state index is 6.54. The molecule has 0 spiro atoms. The summed E-state index contributed by atoms with van der Waals surface area (Å²) >= 11 is 4.77. The topological polar surface area (TPSA) is 92.5 Å². The Kier molecular flexibility index (Phi) is 13.3. The van der Waals surface area contributed by atoms with E-state index in [4.69, 9.17) is 21.9 Å². The van der Waals surface area contributed by atoms with Crippen LogP contribution in [0.25, 0.3) is 21.8 Å². The van der Waals surface area contributed by atoms with E-state index in [0.717, 1.165) is 73.4 Å². The highest BCUT2D eigenvalue weighted by Gasteiger charge is 2.19. The molecule has 0 atom stereocenters. The standard InChI is InChI=1S/C49H44N8OS/c59-36-54-40-21-19-37(20-22-40)23-28-58-35-47-45-17-9-11-38(29-56(31-41-13-1-5-24-50-41)32-42-14-2-6-25-51-42)48(45)55-49-39(12-10-18-46(47)49)30-57(33-43-15-3-7-26-52-43)34-44-16-4-8-27-53-44/h1-22,24-27H,23,28-35H2. The number of hydrogen-bond donors (Lipinski definition) is 0. The average Bonchev–Trinajstić information content (AvgIpc) is 3.27. The van der Waals surface area contributed by atoms with Crippen molar-refractivity contribution in [2.45, 2.75) is 52.3 Å². The van der Waals surface area contributed by atoms with Gasteiger partial charge in [0.1, 0.15) is 0 Å². The van der Waals surface area contributed by atoms with Crippen molar-refractivity contribution in [1.82, 2.24) is 34.7 Å². The van der Waals surface area contributed by atoms with Crippen LogP contribution in [0.2, 0.25) is 0 Å². The summed E-state index contributed by atoms with van der Waals surface area (Å²) < 4.78 is 6.54. The Labute approximate surface area is 350 Å². The van der Waals surface area contributed by atoms with Gasteiger partial charge in [-0.3, -0.25) is 29.7 Å². The summed E-state index contributed by atoms with van der Waals surface area (Å²) in [5, 5.41) is 4.61. The van der Waals surface area contributed by atoms with Crippen molar-refractivity contribution in [2.24, 2.45) is 4.99 Å². The quantitative estimate of drug-likeness (QED) is 0.0365. The second kappa shape index (κ2) is 19.8. The van der Waals surface area contributed by atoms with Crippen LogP contribution in [-0.4, -0.2) is 46.5 Å². The van der Waals surface area contributed by atoms with Crippen LogP contribution in [0.4, 0.5) is 5.69 Å². The first-order valence-electron chi connectivity index (χ1n) is 19.8. The average molecular weight is 793 g/mol. The molecular weight excluding hydrogens is 749 g/mol. The molecule has 0 aliphatic rings. The van der Waals surface area contributed by atoms with Crippen molar-refractivity contribution < 1.29 is 4.74 Å². The van der Waals surface area contributed by atoms with E-state index in [1.165, 1.54) is 5.56 Å². The molecule has 0 saturated heterocycles. The van der Waals surface area contributed by atoms with Gasteiger partial charge in [-0.1, -0.05) is 72.8 Å². The van der Waals surface area contributed by atoms with Gasteiger partial charge in [0.2, 0.25) is 0 Å². The molecule has 0 saturated carbocycles. The summed E-state index contributed by atoms with van der Waals surface area (Å²) in [4.78, 5) is 33.1. The van der Waals surface area contributed by atoms with Gasteiger partial charge in [0, 0.05) is 74.8 Å². The summed E-state index contributed by atoms with van der Waals surface area (Å²) in [5.74, 6) is 0. The number of fused-ring (bicyclic) bond motifs is 2. The maximum Gasteiger partial charge on any atom is 0.0758 e. The largest absolute Gasteiger partial charge is 0.376 e. The molecule has 0 bridgehead atoms. The molecule has 8 rings (SSSR count). The molecule has 0 unspecified atom stereocenters. The van der Waals surface area contributed by atoms with Gasteiger partial charge in [0.15, 0.2) is 0 Å². The Hall–Kier alpha value is -6.39. The van der Waals surface area contributed by atoms with Gasteiger partial charge in [0.25, 0.3) is 0 Å². The highest BCUT2D eigenvalue weighted by molar-refractivity contribution is 7.78. The van der Waals surface area contributed by atoms with Gasteiger partial charge in [-0.25, -0.2) is 4.98 Å². The van der Waals surface area contributed by atoms with E-state index < -0.39 is 0 Å². The molecule has 5 aromatic heterocycles. The van der Waals surface area contributed by atoms with E-state index in [-0.39, 0.29) is 0 Å². The van der Waals surface area contributed by atoms with Gasteiger partial charge in [-0.2, -0.15) is 4.99 Å². The Morgan fingerprint density at radius 2 is 0.966 bits per heavy atom. The molecule has 5 heterocycles. The van der Waals surface area contributed by atoms with E-state index >= 15 is 0 Å². The first-order chi connectivity index (χ1) is 29.2. The van der Waals surface area contributed by atoms with Gasteiger partial charge in [-0.05, 0) is 102 Å². The van der Waals surface area contributed by atoms with Crippen LogP contribution < -0.4 is 0 Å². The lowest BCUT2D eigenvalue weighted by Gasteiger charge is -2.24. The molecule has 9 nitrogen and oxygen atoms in total. The van der Waals surface area contributed by atoms with Gasteiger partial charge < -0.3 is 4.74 Å². The van der Waals surface area contributed by atoms with Crippen LogP contribution in [0.5, 0.6) is 0 Å². The molecule has 292 valence electrons. The zero-order valence-electron chi connectivity index (χ0n) is 32.8. The first kappa shape index (κ1) is 39.4. The van der Waals surface area contributed by atoms with E-state index in [0.29, 0.717) is 52.5 Å². The smallest absolute Gasteiger partial charge is 0.0758 e. The number of aromatic nitrogens is 5. The van der Waals surface area contributed by atoms with E-state index in [1.807, 2.05) is 85.5 Å². The Balaban J connectivity index is 1.17. The fourth-order valence-corrected chi connectivity index (χ4v) is 7.56. The molecule has 8 aromatic rings. The fourth-order valence-electron chi connectivity index (χ4n) is 7.46. The van der Waals surface area contributed by atoms with Gasteiger partial charge >= 0.3 is 0 Å². The molecule has 0 fully saturated rings. The number of ether oxygens (including phenoxy) is 1. The SMILES string of the molecule is S=C=Nc1ccc(CCOCc2c3cccc(CN(Cc4ccccn4)Cc4ccccn4)c3nc3c(CN(Cc4ccccn4)Cc4ccccn4)cccc23)cc1. The normalized spacial score (nSPS) is 11.4. The zero-order valence-corrected chi connectivity index (χ0v) is 33.6. The zero-order chi connectivity index (χ0) is 40.1. The van der Waals surface area contributed by atoms with Gasteiger partial charge in [-0.15, -0.1) is 0 Å². The van der Waals surface area contributed by atoms with Crippen molar-refractivity contribution >= 4 is 44.9 Å². The summed E-state index contributed by atoms with van der Waals surface area (Å²) in [5.41, 5.74) is 11.3. The monoisotopic (exact) mass is 792 g/mol. The number of pyridine rings is 5. The fraction of sp³-hybridized carbons (Fsp3) is 0.184. The molecule has 0 aliphatic carbocycles. The summed E-state index contributed by atoms with van der Waals surface area (Å²) in [6.07, 6.45) is 8.17. The lowest BCUT2D eigenvalue weighted by molar-refractivity contribution is 0.125. The van der Waals surface area contributed by atoms with Crippen LogP contribution in [0.3, 0.4) is 0 Å². The number of isothiocyanates is 1. The number of hydrogen-bond acceptors (Lipinski definition) is 10. The minimum atomic E-state index is 0.437. The number of rotatable bonds is 18. The third-order valence-corrected chi connectivity index (χ3v) is 10.3. The predicted molar refractivity (Wildman–Crippen MR) is 237 cm³/mol. The Morgan fingerprint density at radius 1 is 0.508 bits per heavy atom. The molecule has 10 heteroatoms. The molecule has 0 aliphatic heterocycles. The van der Waals surface area contributed by atoms with Crippen molar-refractivity contribution in [3.63, 3.8) is 0 Å². The molecule has 0 amide bonds. The highest BCUT2D eigenvalue weighted by Crippen LogP contribution is 2.32. The van der Waals surface area contributed by atoms with Crippen molar-refractivity contribution in [2.75, 3.05) is 6.61 Å². The molecular formula is C49H44N8OS. The van der Waals surface area contributed by atoms with Crippen LogP contribution in [0.15, 0.2) is 163 Å². The van der Waals surface area contributed by atoms with Crippen LogP contribution in [-0.2, 0) is 57.0 Å². The van der Waals surface area contributed by atoms with E-state index in [1.54, 1.807) is 0 Å².